The molecule has 1 fully saturated rings. The minimum atomic E-state index is -0.447. The van der Waals surface area contributed by atoms with Crippen LogP contribution in [0.3, 0.4) is 0 Å². The van der Waals surface area contributed by atoms with Crippen molar-refractivity contribution in [3.63, 3.8) is 0 Å². The molecular formula is C17H13N3O3S. The summed E-state index contributed by atoms with van der Waals surface area (Å²) in [4.78, 5) is 27.9. The van der Waals surface area contributed by atoms with E-state index >= 15 is 0 Å². The number of aromatic amines is 1. The van der Waals surface area contributed by atoms with E-state index in [0.717, 1.165) is 16.5 Å². The third-order valence-corrected chi connectivity index (χ3v) is 5.27. The largest absolute Gasteiger partial charge is 0.361 e. The third kappa shape index (κ3) is 2.33. The third-order valence-electron chi connectivity index (χ3n) is 4.07. The van der Waals surface area contributed by atoms with Crippen molar-refractivity contribution in [2.75, 3.05) is 10.7 Å². The topological polar surface area (TPSA) is 79.2 Å². The highest BCUT2D eigenvalue weighted by Gasteiger charge is 2.35. The van der Waals surface area contributed by atoms with E-state index in [0.29, 0.717) is 11.4 Å². The van der Waals surface area contributed by atoms with E-state index in [1.165, 1.54) is 23.9 Å². The molecule has 2 aromatic carbocycles. The zero-order chi connectivity index (χ0) is 16.7. The fraction of sp³-hybridized carbons (Fsp3) is 0.118. The van der Waals surface area contributed by atoms with Crippen LogP contribution < -0.4 is 4.90 Å². The van der Waals surface area contributed by atoms with E-state index in [-0.39, 0.29) is 17.0 Å². The lowest BCUT2D eigenvalue weighted by molar-refractivity contribution is -0.384. The Labute approximate surface area is 141 Å². The number of nitro benzene ring substituents is 1. The molecule has 1 unspecified atom stereocenters. The van der Waals surface area contributed by atoms with Gasteiger partial charge < -0.3 is 4.98 Å². The fourth-order valence-electron chi connectivity index (χ4n) is 2.99. The number of para-hydroxylation sites is 1. The van der Waals surface area contributed by atoms with Crippen molar-refractivity contribution < 1.29 is 9.72 Å². The van der Waals surface area contributed by atoms with Crippen LogP contribution in [-0.2, 0) is 4.79 Å². The summed E-state index contributed by atoms with van der Waals surface area (Å²) in [5.41, 5.74) is 2.55. The van der Waals surface area contributed by atoms with E-state index in [1.54, 1.807) is 17.0 Å². The molecule has 0 bridgehead atoms. The molecule has 1 atom stereocenters. The molecular weight excluding hydrogens is 326 g/mol. The molecule has 1 amide bonds. The van der Waals surface area contributed by atoms with Crippen molar-refractivity contribution in [2.45, 2.75) is 5.37 Å². The maximum absolute atomic E-state index is 12.4. The number of carbonyl (C=O) groups is 1. The van der Waals surface area contributed by atoms with Gasteiger partial charge in [0, 0.05) is 34.8 Å². The van der Waals surface area contributed by atoms with Crippen LogP contribution in [0.15, 0.2) is 54.7 Å². The lowest BCUT2D eigenvalue weighted by Crippen LogP contribution is -2.27. The van der Waals surface area contributed by atoms with Gasteiger partial charge in [0.25, 0.3) is 5.69 Å². The Bertz CT molecular complexity index is 953. The second-order valence-corrected chi connectivity index (χ2v) is 6.56. The first-order valence-electron chi connectivity index (χ1n) is 7.39. The molecule has 0 aliphatic carbocycles. The maximum atomic E-state index is 12.4. The molecule has 1 N–H and O–H groups in total. The predicted molar refractivity (Wildman–Crippen MR) is 94.1 cm³/mol. The lowest BCUT2D eigenvalue weighted by atomic mass is 10.1. The molecule has 0 saturated carbocycles. The molecule has 1 aliphatic rings. The smallest absolute Gasteiger partial charge is 0.271 e. The fourth-order valence-corrected chi connectivity index (χ4v) is 4.19. The Hall–Kier alpha value is -2.80. The van der Waals surface area contributed by atoms with Crippen molar-refractivity contribution in [2.24, 2.45) is 0 Å². The number of hydrogen-bond donors (Lipinski definition) is 1. The molecule has 6 nitrogen and oxygen atoms in total. The number of carbonyl (C=O) groups excluding carboxylic acids is 1. The minimum Gasteiger partial charge on any atom is -0.361 e. The quantitative estimate of drug-likeness (QED) is 0.580. The average molecular weight is 339 g/mol. The zero-order valence-electron chi connectivity index (χ0n) is 12.5. The molecule has 7 heteroatoms. The zero-order valence-corrected chi connectivity index (χ0v) is 13.3. The van der Waals surface area contributed by atoms with Crippen LogP contribution in [0.25, 0.3) is 10.9 Å². The minimum absolute atomic E-state index is 0.0186. The van der Waals surface area contributed by atoms with Crippen molar-refractivity contribution in [3.8, 4) is 0 Å². The number of aromatic nitrogens is 1. The molecule has 0 radical (unpaired) electrons. The normalized spacial score (nSPS) is 17.6. The highest BCUT2D eigenvalue weighted by molar-refractivity contribution is 8.00. The summed E-state index contributed by atoms with van der Waals surface area (Å²) in [5.74, 6) is 0.308. The van der Waals surface area contributed by atoms with Crippen molar-refractivity contribution in [3.05, 3.63) is 70.4 Å². The van der Waals surface area contributed by atoms with E-state index in [4.69, 9.17) is 0 Å². The second kappa shape index (κ2) is 5.68. The molecule has 24 heavy (non-hydrogen) atoms. The van der Waals surface area contributed by atoms with Crippen LogP contribution >= 0.6 is 11.8 Å². The van der Waals surface area contributed by atoms with Crippen LogP contribution in [0.4, 0.5) is 11.4 Å². The molecule has 1 aliphatic heterocycles. The van der Waals surface area contributed by atoms with Gasteiger partial charge in [0.1, 0.15) is 5.37 Å². The number of amides is 1. The van der Waals surface area contributed by atoms with Crippen molar-refractivity contribution in [1.82, 2.24) is 4.98 Å². The van der Waals surface area contributed by atoms with Crippen LogP contribution in [-0.4, -0.2) is 21.6 Å². The first-order valence-corrected chi connectivity index (χ1v) is 8.44. The number of benzene rings is 2. The van der Waals surface area contributed by atoms with Gasteiger partial charge in [-0.1, -0.05) is 24.3 Å². The molecule has 4 rings (SSSR count). The van der Waals surface area contributed by atoms with Crippen molar-refractivity contribution >= 4 is 39.9 Å². The number of thioether (sulfide) groups is 1. The summed E-state index contributed by atoms with van der Waals surface area (Å²) in [6.45, 7) is 0. The Morgan fingerprint density at radius 1 is 1.21 bits per heavy atom. The summed E-state index contributed by atoms with van der Waals surface area (Å²) >= 11 is 1.53. The Morgan fingerprint density at radius 3 is 2.88 bits per heavy atom. The van der Waals surface area contributed by atoms with Gasteiger partial charge in [0.2, 0.25) is 5.91 Å². The van der Waals surface area contributed by atoms with Gasteiger partial charge in [-0.25, -0.2) is 0 Å². The van der Waals surface area contributed by atoms with E-state index in [2.05, 4.69) is 4.98 Å². The predicted octanol–water partition coefficient (Wildman–Crippen LogP) is 3.85. The lowest BCUT2D eigenvalue weighted by Gasteiger charge is -2.23. The number of fused-ring (bicyclic) bond motifs is 1. The average Bonchev–Trinajstić information content (AvgIpc) is 3.18. The Morgan fingerprint density at radius 2 is 2.04 bits per heavy atom. The first-order chi connectivity index (χ1) is 11.6. The first kappa shape index (κ1) is 14.8. The number of hydrogen-bond acceptors (Lipinski definition) is 4. The van der Waals surface area contributed by atoms with Gasteiger partial charge in [-0.15, -0.1) is 11.8 Å². The highest BCUT2D eigenvalue weighted by Crippen LogP contribution is 2.44. The monoisotopic (exact) mass is 339 g/mol. The standard InChI is InChI=1S/C17H13N3O3S/c21-16-10-24-17(14-9-18-15-7-2-1-6-13(14)15)19(16)11-4-3-5-12(8-11)20(22)23/h1-9,17-18H,10H2. The summed E-state index contributed by atoms with van der Waals surface area (Å²) in [7, 11) is 0. The summed E-state index contributed by atoms with van der Waals surface area (Å²) in [6, 6.07) is 14.1. The van der Waals surface area contributed by atoms with Crippen LogP contribution in [0.1, 0.15) is 10.9 Å². The number of nitrogens with zero attached hydrogens (tertiary/aromatic N) is 2. The van der Waals surface area contributed by atoms with E-state index < -0.39 is 4.92 Å². The number of H-pyrrole nitrogens is 1. The SMILES string of the molecule is O=C1CSC(c2c[nH]c3ccccc23)N1c1cccc([N+](=O)[O-])c1. The van der Waals surface area contributed by atoms with Crippen molar-refractivity contribution in [1.29, 1.82) is 0 Å². The molecule has 1 saturated heterocycles. The Balaban J connectivity index is 1.80. The van der Waals surface area contributed by atoms with Crippen LogP contribution in [0.5, 0.6) is 0 Å². The number of nitro groups is 1. The van der Waals surface area contributed by atoms with Gasteiger partial charge in [-0.05, 0) is 12.1 Å². The number of rotatable bonds is 3. The Kier molecular flexibility index (Phi) is 3.50. The van der Waals surface area contributed by atoms with Gasteiger partial charge in [-0.3, -0.25) is 19.8 Å². The van der Waals surface area contributed by atoms with Gasteiger partial charge in [-0.2, -0.15) is 0 Å². The van der Waals surface area contributed by atoms with Gasteiger partial charge in [0.05, 0.1) is 16.4 Å². The van der Waals surface area contributed by atoms with E-state index in [1.807, 2.05) is 30.5 Å². The number of anilines is 1. The molecule has 0 spiro atoms. The van der Waals surface area contributed by atoms with Gasteiger partial charge >= 0.3 is 0 Å². The second-order valence-electron chi connectivity index (χ2n) is 5.49. The maximum Gasteiger partial charge on any atom is 0.271 e. The number of nitrogens with one attached hydrogen (secondary N) is 1. The van der Waals surface area contributed by atoms with Crippen LogP contribution in [0, 0.1) is 10.1 Å². The van der Waals surface area contributed by atoms with E-state index in [9.17, 15) is 14.9 Å². The molecule has 120 valence electrons. The molecule has 3 aromatic rings. The number of non-ortho nitro benzene ring substituents is 1. The molecule has 1 aromatic heterocycles. The van der Waals surface area contributed by atoms with Crippen LogP contribution in [0.2, 0.25) is 0 Å². The highest BCUT2D eigenvalue weighted by atomic mass is 32.2. The summed E-state index contributed by atoms with van der Waals surface area (Å²) < 4.78 is 0. The molecule has 2 heterocycles. The van der Waals surface area contributed by atoms with Gasteiger partial charge in [0.15, 0.2) is 0 Å². The summed E-state index contributed by atoms with van der Waals surface area (Å²) in [6.07, 6.45) is 1.91. The summed E-state index contributed by atoms with van der Waals surface area (Å²) in [5, 5.41) is 11.9.